The summed E-state index contributed by atoms with van der Waals surface area (Å²) in [5, 5.41) is 22.4. The standard InChI is InChI=1S/C22H20F2N10O/c1-31-13-18(29-30-31)20-17(24)12-26-21(28-20)32-4-6-33(7-5-32)22(35)34-19(2-3-27-34)15-8-14(11-25)9-16(23)10-15/h3,8-10,12-13,19H,2,4-7H2,1H3/t19-/m0/s1. The molecule has 3 aromatic rings. The number of nitriles is 1. The Hall–Kier alpha value is -4.47. The van der Waals surface area contributed by atoms with Crippen molar-refractivity contribution < 1.29 is 13.6 Å². The average Bonchev–Trinajstić information content (AvgIpc) is 3.53. The highest BCUT2D eigenvalue weighted by atomic mass is 19.1. The number of carbonyl (C=O) groups excluding carboxylic acids is 1. The summed E-state index contributed by atoms with van der Waals surface area (Å²) in [6, 6.07) is 5.17. The molecular weight excluding hydrogens is 458 g/mol. The zero-order valence-corrected chi connectivity index (χ0v) is 18.7. The third-order valence-electron chi connectivity index (χ3n) is 5.87. The van der Waals surface area contributed by atoms with Gasteiger partial charge in [0.15, 0.2) is 5.82 Å². The highest BCUT2D eigenvalue weighted by Crippen LogP contribution is 2.31. The molecule has 0 radical (unpaired) electrons. The van der Waals surface area contributed by atoms with Crippen LogP contribution in [0.4, 0.5) is 19.5 Å². The molecule has 0 bridgehead atoms. The van der Waals surface area contributed by atoms with Gasteiger partial charge in [-0.05, 0) is 23.8 Å². The van der Waals surface area contributed by atoms with Crippen molar-refractivity contribution >= 4 is 18.2 Å². The first kappa shape index (κ1) is 22.3. The van der Waals surface area contributed by atoms with Gasteiger partial charge in [0.1, 0.15) is 17.2 Å². The van der Waals surface area contributed by atoms with Crippen LogP contribution in [-0.2, 0) is 7.05 Å². The number of carbonyl (C=O) groups is 1. The molecule has 11 nitrogen and oxygen atoms in total. The van der Waals surface area contributed by atoms with Crippen molar-refractivity contribution in [3.63, 3.8) is 0 Å². The van der Waals surface area contributed by atoms with Gasteiger partial charge in [0.25, 0.3) is 0 Å². The number of piperazine rings is 1. The van der Waals surface area contributed by atoms with Crippen LogP contribution >= 0.6 is 0 Å². The molecule has 35 heavy (non-hydrogen) atoms. The molecule has 13 heteroatoms. The molecule has 5 rings (SSSR count). The quantitative estimate of drug-likeness (QED) is 0.565. The second-order valence-electron chi connectivity index (χ2n) is 8.18. The number of rotatable bonds is 3. The average molecular weight is 478 g/mol. The lowest BCUT2D eigenvalue weighted by molar-refractivity contribution is 0.139. The van der Waals surface area contributed by atoms with E-state index in [-0.39, 0.29) is 17.3 Å². The summed E-state index contributed by atoms with van der Waals surface area (Å²) >= 11 is 0. The monoisotopic (exact) mass is 478 g/mol. The highest BCUT2D eigenvalue weighted by Gasteiger charge is 2.34. The van der Waals surface area contributed by atoms with Crippen molar-refractivity contribution in [3.05, 3.63) is 53.4 Å². The van der Waals surface area contributed by atoms with Crippen LogP contribution < -0.4 is 4.90 Å². The molecule has 2 aromatic heterocycles. The van der Waals surface area contributed by atoms with Crippen LogP contribution in [0.1, 0.15) is 23.6 Å². The first-order valence-corrected chi connectivity index (χ1v) is 10.9. The van der Waals surface area contributed by atoms with Gasteiger partial charge in [0, 0.05) is 45.9 Å². The highest BCUT2D eigenvalue weighted by molar-refractivity contribution is 5.79. The number of urea groups is 1. The molecule has 1 atom stereocenters. The minimum absolute atomic E-state index is 0.0580. The molecule has 2 aliphatic rings. The summed E-state index contributed by atoms with van der Waals surface area (Å²) in [6.45, 7) is 1.59. The number of amides is 2. The van der Waals surface area contributed by atoms with E-state index in [1.807, 2.05) is 11.0 Å². The lowest BCUT2D eigenvalue weighted by atomic mass is 10.0. The predicted molar refractivity (Wildman–Crippen MR) is 120 cm³/mol. The Morgan fingerprint density at radius 2 is 1.97 bits per heavy atom. The lowest BCUT2D eigenvalue weighted by Gasteiger charge is -2.37. The van der Waals surface area contributed by atoms with E-state index in [2.05, 4.69) is 25.4 Å². The van der Waals surface area contributed by atoms with Gasteiger partial charge in [0.05, 0.1) is 30.1 Å². The molecular formula is C22H20F2N10O. The van der Waals surface area contributed by atoms with Crippen molar-refractivity contribution in [3.8, 4) is 17.5 Å². The fourth-order valence-electron chi connectivity index (χ4n) is 4.13. The number of halogens is 2. The molecule has 2 amide bonds. The zero-order chi connectivity index (χ0) is 24.5. The second kappa shape index (κ2) is 9.05. The van der Waals surface area contributed by atoms with Crippen LogP contribution in [0.25, 0.3) is 11.4 Å². The molecule has 2 aliphatic heterocycles. The number of aromatic nitrogens is 5. The lowest BCUT2D eigenvalue weighted by Crippen LogP contribution is -2.52. The number of aryl methyl sites for hydroxylation is 1. The Morgan fingerprint density at radius 1 is 1.17 bits per heavy atom. The smallest absolute Gasteiger partial charge is 0.337 e. The number of hydrogen-bond donors (Lipinski definition) is 0. The molecule has 0 spiro atoms. The number of anilines is 1. The Bertz CT molecular complexity index is 1340. The van der Waals surface area contributed by atoms with E-state index in [0.717, 1.165) is 12.3 Å². The minimum Gasteiger partial charge on any atom is -0.337 e. The summed E-state index contributed by atoms with van der Waals surface area (Å²) in [5.41, 5.74) is 1.07. The first-order chi connectivity index (χ1) is 16.9. The number of benzene rings is 1. The summed E-state index contributed by atoms with van der Waals surface area (Å²) in [6.07, 6.45) is 4.70. The van der Waals surface area contributed by atoms with Crippen LogP contribution in [-0.4, -0.2) is 73.3 Å². The van der Waals surface area contributed by atoms with E-state index in [0.29, 0.717) is 49.8 Å². The second-order valence-corrected chi connectivity index (χ2v) is 8.18. The van der Waals surface area contributed by atoms with Gasteiger partial charge in [-0.25, -0.2) is 28.6 Å². The number of hydrazone groups is 1. The minimum atomic E-state index is -0.599. The van der Waals surface area contributed by atoms with E-state index in [4.69, 9.17) is 5.26 Å². The van der Waals surface area contributed by atoms with Crippen molar-refractivity contribution in [2.24, 2.45) is 12.1 Å². The normalized spacial score (nSPS) is 17.7. The van der Waals surface area contributed by atoms with E-state index in [1.54, 1.807) is 30.4 Å². The molecule has 0 saturated carbocycles. The van der Waals surface area contributed by atoms with Gasteiger partial charge in [-0.3, -0.25) is 4.68 Å². The predicted octanol–water partition coefficient (Wildman–Crippen LogP) is 2.10. The Morgan fingerprint density at radius 3 is 2.69 bits per heavy atom. The van der Waals surface area contributed by atoms with E-state index >= 15 is 0 Å². The van der Waals surface area contributed by atoms with Gasteiger partial charge in [-0.2, -0.15) is 10.4 Å². The summed E-state index contributed by atoms with van der Waals surface area (Å²) in [4.78, 5) is 25.2. The molecule has 0 unspecified atom stereocenters. The maximum Gasteiger partial charge on any atom is 0.341 e. The maximum absolute atomic E-state index is 14.3. The van der Waals surface area contributed by atoms with E-state index in [1.165, 1.54) is 15.8 Å². The summed E-state index contributed by atoms with van der Waals surface area (Å²) in [5.74, 6) is -0.801. The van der Waals surface area contributed by atoms with Crippen molar-refractivity contribution in [1.29, 1.82) is 5.26 Å². The molecule has 178 valence electrons. The van der Waals surface area contributed by atoms with Crippen LogP contribution in [0.2, 0.25) is 0 Å². The van der Waals surface area contributed by atoms with Gasteiger partial charge in [0.2, 0.25) is 5.95 Å². The molecule has 0 aliphatic carbocycles. The van der Waals surface area contributed by atoms with Crippen LogP contribution in [0, 0.1) is 23.0 Å². The SMILES string of the molecule is Cn1cc(-c2nc(N3CCN(C(=O)N4N=CC[C@H]4c4cc(F)cc(C#N)c4)CC3)ncc2F)nn1. The van der Waals surface area contributed by atoms with Gasteiger partial charge >= 0.3 is 6.03 Å². The van der Waals surface area contributed by atoms with E-state index < -0.39 is 17.7 Å². The maximum atomic E-state index is 14.3. The van der Waals surface area contributed by atoms with Gasteiger partial charge < -0.3 is 9.80 Å². The topological polar surface area (TPSA) is 119 Å². The van der Waals surface area contributed by atoms with Crippen LogP contribution in [0.15, 0.2) is 35.7 Å². The van der Waals surface area contributed by atoms with Gasteiger partial charge in [-0.15, -0.1) is 5.10 Å². The fraction of sp³-hybridized carbons (Fsp3) is 0.318. The molecule has 4 heterocycles. The van der Waals surface area contributed by atoms with E-state index in [9.17, 15) is 13.6 Å². The largest absolute Gasteiger partial charge is 0.341 e. The van der Waals surface area contributed by atoms with Crippen LogP contribution in [0.5, 0.6) is 0 Å². The van der Waals surface area contributed by atoms with Crippen molar-refractivity contribution in [1.82, 2.24) is 34.9 Å². The third-order valence-corrected chi connectivity index (χ3v) is 5.87. The Labute approximate surface area is 198 Å². The summed E-state index contributed by atoms with van der Waals surface area (Å²) < 4.78 is 29.7. The number of nitrogens with zero attached hydrogens (tertiary/aromatic N) is 10. The number of hydrogen-bond acceptors (Lipinski definition) is 8. The van der Waals surface area contributed by atoms with Crippen molar-refractivity contribution in [2.75, 3.05) is 31.1 Å². The molecule has 1 aromatic carbocycles. The summed E-state index contributed by atoms with van der Waals surface area (Å²) in [7, 11) is 1.68. The first-order valence-electron chi connectivity index (χ1n) is 10.9. The zero-order valence-electron chi connectivity index (χ0n) is 18.7. The molecule has 1 fully saturated rings. The Balaban J connectivity index is 1.28. The molecule has 0 N–H and O–H groups in total. The van der Waals surface area contributed by atoms with Crippen molar-refractivity contribution in [2.45, 2.75) is 12.5 Å². The van der Waals surface area contributed by atoms with Gasteiger partial charge in [-0.1, -0.05) is 5.21 Å². The molecule has 1 saturated heterocycles. The fourth-order valence-corrected chi connectivity index (χ4v) is 4.13. The third kappa shape index (κ3) is 4.37. The van der Waals surface area contributed by atoms with Crippen LogP contribution in [0.3, 0.4) is 0 Å². The Kier molecular flexibility index (Phi) is 5.77.